The molecule has 0 spiro atoms. The molecule has 1 fully saturated rings. The first-order valence-electron chi connectivity index (χ1n) is 10.2. The summed E-state index contributed by atoms with van der Waals surface area (Å²) in [5.41, 5.74) is 3.78. The van der Waals surface area contributed by atoms with Gasteiger partial charge in [0.15, 0.2) is 6.10 Å². The van der Waals surface area contributed by atoms with E-state index in [4.69, 9.17) is 16.3 Å². The molecule has 1 saturated heterocycles. The lowest BCUT2D eigenvalue weighted by Crippen LogP contribution is -2.52. The number of rotatable bonds is 4. The third-order valence-electron chi connectivity index (χ3n) is 5.77. The van der Waals surface area contributed by atoms with Crippen molar-refractivity contribution in [3.05, 3.63) is 58.6 Å². The van der Waals surface area contributed by atoms with Gasteiger partial charge in [-0.2, -0.15) is 0 Å². The maximum Gasteiger partial charge on any atom is 0.263 e. The molecule has 0 bridgehead atoms. The van der Waals surface area contributed by atoms with Crippen LogP contribution in [-0.2, 0) is 17.6 Å². The number of carbonyl (C=O) groups is 1. The Kier molecular flexibility index (Phi) is 5.77. The highest BCUT2D eigenvalue weighted by Gasteiger charge is 2.27. The lowest BCUT2D eigenvalue weighted by molar-refractivity contribution is -0.138. The van der Waals surface area contributed by atoms with E-state index in [2.05, 4.69) is 17.0 Å². The molecule has 4 rings (SSSR count). The van der Waals surface area contributed by atoms with Crippen LogP contribution >= 0.6 is 11.6 Å². The van der Waals surface area contributed by atoms with Crippen LogP contribution in [0.25, 0.3) is 0 Å². The number of carbonyl (C=O) groups excluding carboxylic acids is 1. The fourth-order valence-corrected chi connectivity index (χ4v) is 4.40. The van der Waals surface area contributed by atoms with Gasteiger partial charge in [-0.3, -0.25) is 4.79 Å². The van der Waals surface area contributed by atoms with Gasteiger partial charge >= 0.3 is 0 Å². The molecule has 1 amide bonds. The number of piperazine rings is 1. The standard InChI is InChI=1S/C23H27ClN2O2/c1-17(28-22-11-4-7-18-6-2-3-10-21(18)22)23(27)26-14-12-25(13-15-26)20-9-5-8-19(24)16-20/h4-5,7-9,11,16-17H,2-3,6,10,12-15H2,1H3. The lowest BCUT2D eigenvalue weighted by atomic mass is 9.91. The predicted octanol–water partition coefficient (Wildman–Crippen LogP) is 4.33. The number of benzene rings is 2. The molecule has 1 aliphatic carbocycles. The van der Waals surface area contributed by atoms with Crippen LogP contribution in [0.5, 0.6) is 5.75 Å². The van der Waals surface area contributed by atoms with Gasteiger partial charge in [0.25, 0.3) is 5.91 Å². The quantitative estimate of drug-likeness (QED) is 0.768. The Hall–Kier alpha value is -2.20. The number of amides is 1. The molecular formula is C23H27ClN2O2. The Morgan fingerprint density at radius 3 is 2.57 bits per heavy atom. The van der Waals surface area contributed by atoms with Crippen LogP contribution in [0, 0.1) is 0 Å². The average Bonchev–Trinajstić information content (AvgIpc) is 2.73. The number of fused-ring (bicyclic) bond motifs is 1. The van der Waals surface area contributed by atoms with E-state index in [-0.39, 0.29) is 5.91 Å². The topological polar surface area (TPSA) is 32.8 Å². The average molecular weight is 399 g/mol. The van der Waals surface area contributed by atoms with Crippen molar-refractivity contribution in [3.63, 3.8) is 0 Å². The van der Waals surface area contributed by atoms with Gasteiger partial charge in [0, 0.05) is 36.9 Å². The van der Waals surface area contributed by atoms with Crippen molar-refractivity contribution >= 4 is 23.2 Å². The molecule has 0 saturated carbocycles. The lowest BCUT2D eigenvalue weighted by Gasteiger charge is -2.37. The summed E-state index contributed by atoms with van der Waals surface area (Å²) in [6.07, 6.45) is 4.12. The van der Waals surface area contributed by atoms with Gasteiger partial charge in [0.2, 0.25) is 0 Å². The summed E-state index contributed by atoms with van der Waals surface area (Å²) in [5.74, 6) is 0.953. The molecule has 2 aliphatic rings. The molecule has 1 unspecified atom stereocenters. The second-order valence-electron chi connectivity index (χ2n) is 7.65. The van der Waals surface area contributed by atoms with Crippen LogP contribution in [-0.4, -0.2) is 43.1 Å². The molecule has 148 valence electrons. The smallest absolute Gasteiger partial charge is 0.263 e. The van der Waals surface area contributed by atoms with Gasteiger partial charge in [-0.05, 0) is 68.0 Å². The SMILES string of the molecule is CC(Oc1cccc2c1CCCC2)C(=O)N1CCN(c2cccc(Cl)c2)CC1. The second-order valence-corrected chi connectivity index (χ2v) is 8.09. The maximum atomic E-state index is 12.9. The van der Waals surface area contributed by atoms with Crippen molar-refractivity contribution in [2.24, 2.45) is 0 Å². The third kappa shape index (κ3) is 4.12. The van der Waals surface area contributed by atoms with Crippen LogP contribution in [0.15, 0.2) is 42.5 Å². The van der Waals surface area contributed by atoms with Crippen molar-refractivity contribution < 1.29 is 9.53 Å². The minimum atomic E-state index is -0.467. The zero-order chi connectivity index (χ0) is 19.5. The largest absolute Gasteiger partial charge is 0.481 e. The number of anilines is 1. The molecule has 2 aromatic rings. The van der Waals surface area contributed by atoms with E-state index < -0.39 is 6.10 Å². The number of hydrogen-bond donors (Lipinski definition) is 0. The summed E-state index contributed by atoms with van der Waals surface area (Å²) < 4.78 is 6.13. The van der Waals surface area contributed by atoms with Gasteiger partial charge < -0.3 is 14.5 Å². The molecule has 28 heavy (non-hydrogen) atoms. The number of aryl methyl sites for hydroxylation is 1. The van der Waals surface area contributed by atoms with E-state index in [0.29, 0.717) is 13.1 Å². The Morgan fingerprint density at radius 1 is 1.04 bits per heavy atom. The number of halogens is 1. The maximum absolute atomic E-state index is 12.9. The highest BCUT2D eigenvalue weighted by atomic mass is 35.5. The van der Waals surface area contributed by atoms with Crippen LogP contribution in [0.1, 0.15) is 30.9 Å². The van der Waals surface area contributed by atoms with E-state index >= 15 is 0 Å². The van der Waals surface area contributed by atoms with Gasteiger partial charge in [0.05, 0.1) is 0 Å². The van der Waals surface area contributed by atoms with E-state index in [9.17, 15) is 4.79 Å². The zero-order valence-electron chi connectivity index (χ0n) is 16.4. The Balaban J connectivity index is 1.36. The third-order valence-corrected chi connectivity index (χ3v) is 6.00. The number of ether oxygens (including phenoxy) is 1. The Morgan fingerprint density at radius 2 is 1.79 bits per heavy atom. The van der Waals surface area contributed by atoms with Crippen molar-refractivity contribution in [3.8, 4) is 5.75 Å². The molecule has 0 N–H and O–H groups in total. The van der Waals surface area contributed by atoms with Crippen LogP contribution in [0.3, 0.4) is 0 Å². The number of nitrogens with zero attached hydrogens (tertiary/aromatic N) is 2. The first-order chi connectivity index (χ1) is 13.6. The van der Waals surface area contributed by atoms with Crippen molar-refractivity contribution in [2.45, 2.75) is 38.7 Å². The molecule has 0 radical (unpaired) electrons. The second kappa shape index (κ2) is 8.44. The van der Waals surface area contributed by atoms with E-state index in [1.807, 2.05) is 42.2 Å². The fourth-order valence-electron chi connectivity index (χ4n) is 4.21. The molecule has 1 aliphatic heterocycles. The van der Waals surface area contributed by atoms with Crippen LogP contribution < -0.4 is 9.64 Å². The van der Waals surface area contributed by atoms with Crippen molar-refractivity contribution in [1.29, 1.82) is 0 Å². The first kappa shape index (κ1) is 19.1. The summed E-state index contributed by atoms with van der Waals surface area (Å²) in [6, 6.07) is 14.1. The van der Waals surface area contributed by atoms with E-state index in [1.165, 1.54) is 24.0 Å². The summed E-state index contributed by atoms with van der Waals surface area (Å²) >= 11 is 6.10. The predicted molar refractivity (Wildman–Crippen MR) is 113 cm³/mol. The van der Waals surface area contributed by atoms with Gasteiger partial charge in [0.1, 0.15) is 5.75 Å². The van der Waals surface area contributed by atoms with Crippen LogP contribution in [0.4, 0.5) is 5.69 Å². The molecule has 1 heterocycles. The molecule has 1 atom stereocenters. The van der Waals surface area contributed by atoms with E-state index in [1.54, 1.807) is 0 Å². The first-order valence-corrected chi connectivity index (χ1v) is 10.6. The highest BCUT2D eigenvalue weighted by Crippen LogP contribution is 2.30. The molecule has 4 nitrogen and oxygen atoms in total. The minimum absolute atomic E-state index is 0.0687. The summed E-state index contributed by atoms with van der Waals surface area (Å²) in [7, 11) is 0. The normalized spacial score (nSPS) is 17.8. The van der Waals surface area contributed by atoms with E-state index in [0.717, 1.165) is 42.4 Å². The van der Waals surface area contributed by atoms with Crippen molar-refractivity contribution in [1.82, 2.24) is 4.90 Å². The Labute approximate surface area is 172 Å². The van der Waals surface area contributed by atoms with Gasteiger partial charge in [-0.1, -0.05) is 29.8 Å². The fraction of sp³-hybridized carbons (Fsp3) is 0.435. The molecule has 5 heteroatoms. The molecular weight excluding hydrogens is 372 g/mol. The summed E-state index contributed by atoms with van der Waals surface area (Å²) in [4.78, 5) is 17.1. The summed E-state index contributed by atoms with van der Waals surface area (Å²) in [6.45, 7) is 4.88. The summed E-state index contributed by atoms with van der Waals surface area (Å²) in [5, 5.41) is 0.740. The minimum Gasteiger partial charge on any atom is -0.481 e. The van der Waals surface area contributed by atoms with Crippen LogP contribution in [0.2, 0.25) is 5.02 Å². The molecule has 2 aromatic carbocycles. The number of hydrogen-bond acceptors (Lipinski definition) is 3. The highest BCUT2D eigenvalue weighted by molar-refractivity contribution is 6.30. The monoisotopic (exact) mass is 398 g/mol. The Bertz CT molecular complexity index is 846. The van der Waals surface area contributed by atoms with Gasteiger partial charge in [-0.25, -0.2) is 0 Å². The van der Waals surface area contributed by atoms with Gasteiger partial charge in [-0.15, -0.1) is 0 Å². The van der Waals surface area contributed by atoms with Crippen molar-refractivity contribution in [2.75, 3.05) is 31.1 Å². The zero-order valence-corrected chi connectivity index (χ0v) is 17.1. The molecule has 0 aromatic heterocycles.